The monoisotopic (exact) mass is 386 g/mol. The van der Waals surface area contributed by atoms with Gasteiger partial charge in [-0.25, -0.2) is 23.1 Å². The second-order valence-electron chi connectivity index (χ2n) is 5.86. The number of esters is 2. The minimum atomic E-state index is -0.887. The lowest BCUT2D eigenvalue weighted by atomic mass is 10.0. The van der Waals surface area contributed by atoms with Gasteiger partial charge in [0.2, 0.25) is 0 Å². The van der Waals surface area contributed by atoms with Crippen LogP contribution in [0.5, 0.6) is 0 Å². The van der Waals surface area contributed by atoms with Crippen molar-refractivity contribution in [1.82, 2.24) is 9.78 Å². The molecule has 0 atom stereocenters. The van der Waals surface area contributed by atoms with Crippen molar-refractivity contribution >= 4 is 11.9 Å². The Hall–Kier alpha value is -3.55. The molecule has 0 fully saturated rings. The number of hydrogen-bond acceptors (Lipinski definition) is 5. The largest absolute Gasteiger partial charge is 0.465 e. The fraction of sp³-hybridized carbons (Fsp3) is 0.150. The van der Waals surface area contributed by atoms with E-state index in [1.54, 1.807) is 30.3 Å². The smallest absolute Gasteiger partial charge is 0.357 e. The average molecular weight is 386 g/mol. The van der Waals surface area contributed by atoms with Crippen molar-refractivity contribution in [3.05, 3.63) is 70.9 Å². The average Bonchev–Trinajstić information content (AvgIpc) is 3.10. The molecule has 8 heteroatoms. The Morgan fingerprint density at radius 3 is 2.25 bits per heavy atom. The highest BCUT2D eigenvalue weighted by Gasteiger charge is 2.32. The van der Waals surface area contributed by atoms with Crippen LogP contribution in [0.4, 0.5) is 8.78 Å². The first kappa shape index (κ1) is 19.2. The number of rotatable bonds is 4. The van der Waals surface area contributed by atoms with Crippen molar-refractivity contribution in [2.75, 3.05) is 14.2 Å². The summed E-state index contributed by atoms with van der Waals surface area (Å²) in [6, 6.07) is 10.3. The van der Waals surface area contributed by atoms with E-state index >= 15 is 0 Å². The van der Waals surface area contributed by atoms with Gasteiger partial charge in [-0.1, -0.05) is 18.2 Å². The lowest BCUT2D eigenvalue weighted by molar-refractivity contribution is 0.0549. The molecule has 0 aliphatic carbocycles. The van der Waals surface area contributed by atoms with E-state index in [9.17, 15) is 18.4 Å². The van der Waals surface area contributed by atoms with Crippen LogP contribution >= 0.6 is 0 Å². The molecule has 6 nitrogen and oxygen atoms in total. The zero-order valence-electron chi connectivity index (χ0n) is 15.3. The Balaban J connectivity index is 2.43. The van der Waals surface area contributed by atoms with E-state index in [1.807, 2.05) is 0 Å². The van der Waals surface area contributed by atoms with Crippen LogP contribution < -0.4 is 0 Å². The summed E-state index contributed by atoms with van der Waals surface area (Å²) in [7, 11) is 2.28. The molecular formula is C20H16F2N2O4. The fourth-order valence-corrected chi connectivity index (χ4v) is 2.83. The van der Waals surface area contributed by atoms with Crippen LogP contribution in [0.25, 0.3) is 16.9 Å². The van der Waals surface area contributed by atoms with E-state index in [2.05, 4.69) is 5.10 Å². The van der Waals surface area contributed by atoms with E-state index in [1.165, 1.54) is 11.6 Å². The Kier molecular flexibility index (Phi) is 5.21. The predicted molar refractivity (Wildman–Crippen MR) is 96.3 cm³/mol. The Morgan fingerprint density at radius 2 is 1.64 bits per heavy atom. The maximum atomic E-state index is 14.1. The zero-order chi connectivity index (χ0) is 20.4. The molecule has 3 rings (SSSR count). The van der Waals surface area contributed by atoms with Crippen molar-refractivity contribution in [3.8, 4) is 16.9 Å². The summed E-state index contributed by atoms with van der Waals surface area (Å²) >= 11 is 0. The number of halogens is 2. The van der Waals surface area contributed by atoms with E-state index in [0.717, 1.165) is 26.4 Å². The van der Waals surface area contributed by atoms with Crippen molar-refractivity contribution in [3.63, 3.8) is 0 Å². The van der Waals surface area contributed by atoms with Crippen LogP contribution in [0.15, 0.2) is 42.5 Å². The third kappa shape index (κ3) is 3.24. The summed E-state index contributed by atoms with van der Waals surface area (Å²) in [5.41, 5.74) is 0.00479. The standard InChI is InChI=1S/C20H16F2N2O4/c1-11-14(9-12(21)10-15(11)22)17-16(19(25)27-2)18(20(26)28-3)24(23-17)13-7-5-4-6-8-13/h4-10H,1-3H3. The lowest BCUT2D eigenvalue weighted by Gasteiger charge is -2.07. The van der Waals surface area contributed by atoms with Gasteiger partial charge in [-0.15, -0.1) is 0 Å². The number of nitrogens with zero attached hydrogens (tertiary/aromatic N) is 2. The van der Waals surface area contributed by atoms with Gasteiger partial charge in [0, 0.05) is 11.6 Å². The molecule has 0 spiro atoms. The number of methoxy groups -OCH3 is 2. The third-order valence-corrected chi connectivity index (χ3v) is 4.22. The van der Waals surface area contributed by atoms with Crippen LogP contribution in [0.1, 0.15) is 26.4 Å². The molecule has 0 saturated carbocycles. The predicted octanol–water partition coefficient (Wildman–Crippen LogP) is 3.70. The number of aromatic nitrogens is 2. The van der Waals surface area contributed by atoms with E-state index in [4.69, 9.17) is 9.47 Å². The lowest BCUT2D eigenvalue weighted by Crippen LogP contribution is -2.15. The summed E-state index contributed by atoms with van der Waals surface area (Å²) in [5, 5.41) is 4.31. The van der Waals surface area contributed by atoms with E-state index < -0.39 is 23.6 Å². The van der Waals surface area contributed by atoms with Gasteiger partial charge in [0.15, 0.2) is 5.69 Å². The van der Waals surface area contributed by atoms with E-state index in [0.29, 0.717) is 5.69 Å². The molecule has 0 radical (unpaired) electrons. The molecule has 144 valence electrons. The van der Waals surface area contributed by atoms with Gasteiger partial charge in [0.05, 0.1) is 19.9 Å². The van der Waals surface area contributed by atoms with Crippen molar-refractivity contribution in [2.45, 2.75) is 6.92 Å². The highest BCUT2D eigenvalue weighted by atomic mass is 19.1. The SMILES string of the molecule is COC(=O)c1c(-c2cc(F)cc(F)c2C)nn(-c2ccccc2)c1C(=O)OC. The summed E-state index contributed by atoms with van der Waals surface area (Å²) < 4.78 is 38.8. The quantitative estimate of drug-likeness (QED) is 0.640. The highest BCUT2D eigenvalue weighted by molar-refractivity contribution is 6.07. The molecule has 2 aromatic carbocycles. The Morgan fingerprint density at radius 1 is 1.00 bits per heavy atom. The summed E-state index contributed by atoms with van der Waals surface area (Å²) in [6.45, 7) is 1.42. The van der Waals surface area contributed by atoms with Gasteiger partial charge in [-0.05, 0) is 30.7 Å². The summed E-state index contributed by atoms with van der Waals surface area (Å²) in [4.78, 5) is 25.0. The highest BCUT2D eigenvalue weighted by Crippen LogP contribution is 2.32. The number of hydrogen-bond donors (Lipinski definition) is 0. The molecular weight excluding hydrogens is 370 g/mol. The molecule has 1 heterocycles. The van der Waals surface area contributed by atoms with Crippen LogP contribution in [-0.4, -0.2) is 35.9 Å². The summed E-state index contributed by atoms with van der Waals surface area (Å²) in [6.07, 6.45) is 0. The molecule has 0 unspecified atom stereocenters. The van der Waals surface area contributed by atoms with Gasteiger partial charge in [0.25, 0.3) is 0 Å². The van der Waals surface area contributed by atoms with Gasteiger partial charge >= 0.3 is 11.9 Å². The minimum absolute atomic E-state index is 0.0257. The molecule has 28 heavy (non-hydrogen) atoms. The molecule has 0 aliphatic heterocycles. The molecule has 0 N–H and O–H groups in total. The van der Waals surface area contributed by atoms with Gasteiger partial charge < -0.3 is 9.47 Å². The van der Waals surface area contributed by atoms with Crippen LogP contribution in [0, 0.1) is 18.6 Å². The summed E-state index contributed by atoms with van der Waals surface area (Å²) in [5.74, 6) is -3.39. The number of ether oxygens (including phenoxy) is 2. The number of para-hydroxylation sites is 1. The maximum Gasteiger partial charge on any atom is 0.357 e. The molecule has 0 aliphatic rings. The number of carbonyl (C=O) groups excluding carboxylic acids is 2. The molecule has 1 aromatic heterocycles. The maximum absolute atomic E-state index is 14.1. The molecule has 3 aromatic rings. The van der Waals surface area contributed by atoms with Gasteiger partial charge in [-0.2, -0.15) is 5.10 Å². The fourth-order valence-electron chi connectivity index (χ4n) is 2.83. The minimum Gasteiger partial charge on any atom is -0.465 e. The van der Waals surface area contributed by atoms with Crippen molar-refractivity contribution in [1.29, 1.82) is 0 Å². The first-order valence-corrected chi connectivity index (χ1v) is 8.20. The molecule has 0 bridgehead atoms. The Labute approximate surface area is 159 Å². The molecule has 0 amide bonds. The first-order chi connectivity index (χ1) is 13.4. The van der Waals surface area contributed by atoms with E-state index in [-0.39, 0.29) is 28.1 Å². The van der Waals surface area contributed by atoms with Crippen molar-refractivity contribution < 1.29 is 27.8 Å². The first-order valence-electron chi connectivity index (χ1n) is 8.20. The van der Waals surface area contributed by atoms with Crippen molar-refractivity contribution in [2.24, 2.45) is 0 Å². The zero-order valence-corrected chi connectivity index (χ0v) is 15.3. The van der Waals surface area contributed by atoms with Crippen LogP contribution in [-0.2, 0) is 9.47 Å². The van der Waals surface area contributed by atoms with Crippen LogP contribution in [0.3, 0.4) is 0 Å². The third-order valence-electron chi connectivity index (χ3n) is 4.22. The topological polar surface area (TPSA) is 70.4 Å². The van der Waals surface area contributed by atoms with Gasteiger partial charge in [-0.3, -0.25) is 0 Å². The number of benzene rings is 2. The van der Waals surface area contributed by atoms with Gasteiger partial charge in [0.1, 0.15) is 22.9 Å². The number of carbonyl (C=O) groups is 2. The normalized spacial score (nSPS) is 10.6. The van der Waals surface area contributed by atoms with Crippen LogP contribution in [0.2, 0.25) is 0 Å². The second-order valence-corrected chi connectivity index (χ2v) is 5.86. The Bertz CT molecular complexity index is 1060. The molecule has 0 saturated heterocycles. The second kappa shape index (κ2) is 7.59.